The van der Waals surface area contributed by atoms with Crippen LogP contribution in [0.3, 0.4) is 0 Å². The molecule has 2 unspecified atom stereocenters. The van der Waals surface area contributed by atoms with E-state index in [1.807, 2.05) is 0 Å². The zero-order valence-electron chi connectivity index (χ0n) is 7.69. The largest absolute Gasteiger partial charge is 0.481 e. The standard InChI is InChI=1S/C7H10N4O4/c12-3(13)1-2-11-5-4(9-7(11)15)8-6(14)10-5/h4-5H,1-2H2,(H,9,15)(H,12,13)(H2,8,10,14). The molecule has 2 rings (SSSR count). The summed E-state index contributed by atoms with van der Waals surface area (Å²) >= 11 is 0. The quantitative estimate of drug-likeness (QED) is 0.455. The lowest BCUT2D eigenvalue weighted by Gasteiger charge is -2.19. The molecule has 0 spiro atoms. The number of fused-ring (bicyclic) bond motifs is 1. The molecule has 8 heteroatoms. The van der Waals surface area contributed by atoms with E-state index >= 15 is 0 Å². The van der Waals surface area contributed by atoms with Gasteiger partial charge in [-0.3, -0.25) is 9.69 Å². The fraction of sp³-hybridized carbons (Fsp3) is 0.571. The van der Waals surface area contributed by atoms with Crippen molar-refractivity contribution in [1.82, 2.24) is 20.9 Å². The molecule has 4 N–H and O–H groups in total. The molecule has 2 fully saturated rings. The maximum absolute atomic E-state index is 11.3. The van der Waals surface area contributed by atoms with Gasteiger partial charge < -0.3 is 21.1 Å². The fourth-order valence-corrected chi connectivity index (χ4v) is 1.65. The Balaban J connectivity index is 2.00. The molecule has 4 amide bonds. The number of amides is 4. The summed E-state index contributed by atoms with van der Waals surface area (Å²) in [5.41, 5.74) is 0. The van der Waals surface area contributed by atoms with E-state index in [-0.39, 0.29) is 25.0 Å². The lowest BCUT2D eigenvalue weighted by molar-refractivity contribution is -0.137. The number of hydrogen-bond donors (Lipinski definition) is 4. The number of nitrogens with one attached hydrogen (secondary N) is 3. The van der Waals surface area contributed by atoms with Crippen LogP contribution in [0.5, 0.6) is 0 Å². The first kappa shape index (κ1) is 9.56. The second-order valence-corrected chi connectivity index (χ2v) is 3.33. The van der Waals surface area contributed by atoms with Gasteiger partial charge in [0.15, 0.2) is 0 Å². The van der Waals surface area contributed by atoms with Crippen LogP contribution in [0.1, 0.15) is 6.42 Å². The van der Waals surface area contributed by atoms with Gasteiger partial charge in [0, 0.05) is 6.54 Å². The lowest BCUT2D eigenvalue weighted by atomic mass is 10.3. The summed E-state index contributed by atoms with van der Waals surface area (Å²) in [5, 5.41) is 16.0. The average molecular weight is 214 g/mol. The van der Waals surface area contributed by atoms with Crippen LogP contribution in [-0.2, 0) is 4.79 Å². The molecule has 2 aliphatic heterocycles. The zero-order chi connectivity index (χ0) is 11.0. The normalized spacial score (nSPS) is 28.1. The van der Waals surface area contributed by atoms with Gasteiger partial charge in [0.05, 0.1) is 6.42 Å². The number of nitrogens with zero attached hydrogens (tertiary/aromatic N) is 1. The van der Waals surface area contributed by atoms with Crippen LogP contribution in [-0.4, -0.2) is 46.9 Å². The van der Waals surface area contributed by atoms with E-state index in [0.717, 1.165) is 0 Å². The zero-order valence-corrected chi connectivity index (χ0v) is 7.69. The fourth-order valence-electron chi connectivity index (χ4n) is 1.65. The second kappa shape index (κ2) is 3.30. The van der Waals surface area contributed by atoms with E-state index in [9.17, 15) is 14.4 Å². The van der Waals surface area contributed by atoms with Gasteiger partial charge in [0.2, 0.25) is 0 Å². The van der Waals surface area contributed by atoms with Gasteiger partial charge in [-0.15, -0.1) is 0 Å². The Labute approximate surface area is 84.6 Å². The van der Waals surface area contributed by atoms with Crippen LogP contribution in [0.4, 0.5) is 9.59 Å². The molecule has 2 saturated heterocycles. The molecular weight excluding hydrogens is 204 g/mol. The first-order chi connectivity index (χ1) is 7.08. The summed E-state index contributed by atoms with van der Waals surface area (Å²) in [4.78, 5) is 33.9. The van der Waals surface area contributed by atoms with Gasteiger partial charge >= 0.3 is 18.0 Å². The third kappa shape index (κ3) is 1.65. The second-order valence-electron chi connectivity index (χ2n) is 3.33. The van der Waals surface area contributed by atoms with E-state index in [4.69, 9.17) is 5.11 Å². The van der Waals surface area contributed by atoms with Gasteiger partial charge in [-0.2, -0.15) is 0 Å². The summed E-state index contributed by atoms with van der Waals surface area (Å²) in [6.45, 7) is 0.0737. The highest BCUT2D eigenvalue weighted by Gasteiger charge is 2.45. The number of urea groups is 2. The molecule has 82 valence electrons. The monoisotopic (exact) mass is 214 g/mol. The van der Waals surface area contributed by atoms with Crippen molar-refractivity contribution in [2.24, 2.45) is 0 Å². The van der Waals surface area contributed by atoms with Crippen LogP contribution in [0, 0.1) is 0 Å². The van der Waals surface area contributed by atoms with E-state index in [1.54, 1.807) is 0 Å². The van der Waals surface area contributed by atoms with Crippen LogP contribution in [0.2, 0.25) is 0 Å². The van der Waals surface area contributed by atoms with Crippen molar-refractivity contribution in [3.8, 4) is 0 Å². The predicted molar refractivity (Wildman–Crippen MR) is 46.7 cm³/mol. The van der Waals surface area contributed by atoms with E-state index in [2.05, 4.69) is 16.0 Å². The number of aliphatic carboxylic acids is 1. The molecule has 0 aromatic carbocycles. The molecule has 0 bridgehead atoms. The number of carbonyl (C=O) groups is 3. The van der Waals surface area contributed by atoms with E-state index in [0.29, 0.717) is 0 Å². The van der Waals surface area contributed by atoms with Crippen LogP contribution < -0.4 is 16.0 Å². The Morgan fingerprint density at radius 1 is 1.33 bits per heavy atom. The van der Waals surface area contributed by atoms with Crippen molar-refractivity contribution in [2.45, 2.75) is 18.8 Å². The number of carboxylic acid groups (broad SMARTS) is 1. The van der Waals surface area contributed by atoms with Crippen LogP contribution in [0.25, 0.3) is 0 Å². The maximum Gasteiger partial charge on any atom is 0.320 e. The van der Waals surface area contributed by atoms with Gasteiger partial charge in [-0.25, -0.2) is 9.59 Å². The first-order valence-electron chi connectivity index (χ1n) is 4.44. The molecule has 0 aliphatic carbocycles. The van der Waals surface area contributed by atoms with Gasteiger partial charge in [-0.05, 0) is 0 Å². The topological polar surface area (TPSA) is 111 Å². The third-order valence-corrected chi connectivity index (χ3v) is 2.32. The van der Waals surface area contributed by atoms with Crippen molar-refractivity contribution in [1.29, 1.82) is 0 Å². The van der Waals surface area contributed by atoms with E-state index < -0.39 is 18.3 Å². The van der Waals surface area contributed by atoms with Crippen molar-refractivity contribution in [2.75, 3.05) is 6.54 Å². The minimum atomic E-state index is -0.983. The van der Waals surface area contributed by atoms with Crippen LogP contribution >= 0.6 is 0 Å². The number of carbonyl (C=O) groups excluding carboxylic acids is 2. The van der Waals surface area contributed by atoms with Gasteiger partial charge in [0.1, 0.15) is 12.3 Å². The molecule has 8 nitrogen and oxygen atoms in total. The smallest absolute Gasteiger partial charge is 0.320 e. The summed E-state index contributed by atoms with van der Waals surface area (Å²) in [6, 6.07) is -0.746. The highest BCUT2D eigenvalue weighted by Crippen LogP contribution is 2.13. The van der Waals surface area contributed by atoms with Crippen LogP contribution in [0.15, 0.2) is 0 Å². The molecule has 0 aromatic rings. The molecule has 2 aliphatic rings. The predicted octanol–water partition coefficient (Wildman–Crippen LogP) is -1.55. The highest BCUT2D eigenvalue weighted by molar-refractivity contribution is 5.85. The number of carboxylic acids is 1. The van der Waals surface area contributed by atoms with Crippen molar-refractivity contribution in [3.63, 3.8) is 0 Å². The van der Waals surface area contributed by atoms with Crippen molar-refractivity contribution < 1.29 is 19.5 Å². The maximum atomic E-state index is 11.3. The van der Waals surface area contributed by atoms with Gasteiger partial charge in [0.25, 0.3) is 0 Å². The van der Waals surface area contributed by atoms with Gasteiger partial charge in [-0.1, -0.05) is 0 Å². The Morgan fingerprint density at radius 3 is 2.73 bits per heavy atom. The molecule has 0 radical (unpaired) electrons. The Hall–Kier alpha value is -1.99. The molecule has 15 heavy (non-hydrogen) atoms. The number of hydrogen-bond acceptors (Lipinski definition) is 3. The van der Waals surface area contributed by atoms with Crippen molar-refractivity contribution in [3.05, 3.63) is 0 Å². The molecule has 0 aromatic heterocycles. The summed E-state index contributed by atoms with van der Waals surface area (Å²) in [7, 11) is 0. The minimum Gasteiger partial charge on any atom is -0.481 e. The molecule has 0 saturated carbocycles. The molecular formula is C7H10N4O4. The molecule has 2 atom stereocenters. The Bertz CT molecular complexity index is 331. The lowest BCUT2D eigenvalue weighted by Crippen LogP contribution is -2.44. The Morgan fingerprint density at radius 2 is 2.07 bits per heavy atom. The minimum absolute atomic E-state index is 0.0737. The highest BCUT2D eigenvalue weighted by atomic mass is 16.4. The third-order valence-electron chi connectivity index (χ3n) is 2.32. The SMILES string of the molecule is O=C(O)CCN1C(=O)NC2NC(=O)NC21. The van der Waals surface area contributed by atoms with E-state index in [1.165, 1.54) is 4.90 Å². The summed E-state index contributed by atoms with van der Waals surface area (Å²) in [5.74, 6) is -0.983. The first-order valence-corrected chi connectivity index (χ1v) is 4.44. The average Bonchev–Trinajstić information content (AvgIpc) is 2.57. The molecule has 2 heterocycles. The Kier molecular flexibility index (Phi) is 2.10. The number of rotatable bonds is 3. The van der Waals surface area contributed by atoms with Crippen molar-refractivity contribution >= 4 is 18.0 Å². The summed E-state index contributed by atoms with van der Waals surface area (Å²) in [6.07, 6.45) is -1.12. The summed E-state index contributed by atoms with van der Waals surface area (Å²) < 4.78 is 0.